The number of esters is 1. The third-order valence-electron chi connectivity index (χ3n) is 7.22. The number of amides is 1. The molecule has 3 aliphatic carbocycles. The highest BCUT2D eigenvalue weighted by molar-refractivity contribution is 5.87. The van der Waals surface area contributed by atoms with Crippen LogP contribution in [0.3, 0.4) is 0 Å². The third-order valence-corrected chi connectivity index (χ3v) is 7.22. The molecule has 1 heterocycles. The zero-order chi connectivity index (χ0) is 16.0. The standard InChI is InChI=1S/C19H29NO3/c1-23-19(22)17-7-6-16(17)18(21)20-8-2-3-15(20)11-14-10-12-4-5-13(14)9-12/h12-17H,2-11H2,1H3. The molecule has 0 aromatic rings. The van der Waals surface area contributed by atoms with Crippen molar-refractivity contribution < 1.29 is 14.3 Å². The second-order valence-electron chi connectivity index (χ2n) is 8.31. The van der Waals surface area contributed by atoms with E-state index in [4.69, 9.17) is 4.74 Å². The molecule has 0 aromatic carbocycles. The molecule has 4 nitrogen and oxygen atoms in total. The lowest BCUT2D eigenvalue weighted by Crippen LogP contribution is -2.48. The molecule has 1 amide bonds. The summed E-state index contributed by atoms with van der Waals surface area (Å²) in [5, 5.41) is 0. The van der Waals surface area contributed by atoms with Crippen LogP contribution in [-0.2, 0) is 14.3 Å². The van der Waals surface area contributed by atoms with Crippen LogP contribution in [0.5, 0.6) is 0 Å². The molecule has 2 bridgehead atoms. The van der Waals surface area contributed by atoms with Gasteiger partial charge in [-0.05, 0) is 69.1 Å². The predicted octanol–water partition coefficient (Wildman–Crippen LogP) is 3.00. The summed E-state index contributed by atoms with van der Waals surface area (Å²) in [4.78, 5) is 26.8. The van der Waals surface area contributed by atoms with Crippen molar-refractivity contribution in [3.05, 3.63) is 0 Å². The van der Waals surface area contributed by atoms with E-state index in [0.717, 1.165) is 50.0 Å². The van der Waals surface area contributed by atoms with Gasteiger partial charge in [-0.2, -0.15) is 0 Å². The van der Waals surface area contributed by atoms with Crippen molar-refractivity contribution >= 4 is 11.9 Å². The number of carbonyl (C=O) groups excluding carboxylic acids is 2. The highest BCUT2D eigenvalue weighted by Crippen LogP contribution is 2.51. The van der Waals surface area contributed by atoms with Crippen LogP contribution >= 0.6 is 0 Å². The molecule has 0 aromatic heterocycles. The van der Waals surface area contributed by atoms with Gasteiger partial charge in [-0.25, -0.2) is 0 Å². The molecule has 0 spiro atoms. The van der Waals surface area contributed by atoms with Crippen LogP contribution < -0.4 is 0 Å². The van der Waals surface area contributed by atoms with Crippen molar-refractivity contribution in [3.63, 3.8) is 0 Å². The van der Waals surface area contributed by atoms with Crippen molar-refractivity contribution in [1.29, 1.82) is 0 Å². The van der Waals surface area contributed by atoms with E-state index in [1.54, 1.807) is 0 Å². The number of hydrogen-bond acceptors (Lipinski definition) is 3. The van der Waals surface area contributed by atoms with Gasteiger partial charge >= 0.3 is 5.97 Å². The van der Waals surface area contributed by atoms with Gasteiger partial charge in [0.1, 0.15) is 0 Å². The Hall–Kier alpha value is -1.06. The number of likely N-dealkylation sites (tertiary alicyclic amines) is 1. The van der Waals surface area contributed by atoms with Gasteiger partial charge in [-0.15, -0.1) is 0 Å². The minimum absolute atomic E-state index is 0.108. The van der Waals surface area contributed by atoms with E-state index in [1.807, 2.05) is 0 Å². The quantitative estimate of drug-likeness (QED) is 0.748. The van der Waals surface area contributed by atoms with Gasteiger partial charge in [0.25, 0.3) is 0 Å². The molecule has 6 atom stereocenters. The summed E-state index contributed by atoms with van der Waals surface area (Å²) in [5.41, 5.74) is 0. The summed E-state index contributed by atoms with van der Waals surface area (Å²) >= 11 is 0. The van der Waals surface area contributed by atoms with Gasteiger partial charge in [-0.1, -0.05) is 6.42 Å². The Bertz CT molecular complexity index is 491. The molecule has 3 saturated carbocycles. The Balaban J connectivity index is 1.37. The molecular weight excluding hydrogens is 290 g/mol. The summed E-state index contributed by atoms with van der Waals surface area (Å²) in [6.45, 7) is 0.898. The lowest BCUT2D eigenvalue weighted by atomic mass is 9.72. The second-order valence-corrected chi connectivity index (χ2v) is 8.31. The summed E-state index contributed by atoms with van der Waals surface area (Å²) < 4.78 is 4.86. The number of methoxy groups -OCH3 is 1. The topological polar surface area (TPSA) is 46.6 Å². The van der Waals surface area contributed by atoms with Crippen LogP contribution in [-0.4, -0.2) is 36.5 Å². The molecule has 4 heteroatoms. The highest BCUT2D eigenvalue weighted by Gasteiger charge is 2.47. The van der Waals surface area contributed by atoms with E-state index in [0.29, 0.717) is 6.04 Å². The van der Waals surface area contributed by atoms with Crippen molar-refractivity contribution in [1.82, 2.24) is 4.90 Å². The summed E-state index contributed by atoms with van der Waals surface area (Å²) in [6.07, 6.45) is 10.9. The lowest BCUT2D eigenvalue weighted by Gasteiger charge is -2.38. The first-order chi connectivity index (χ1) is 11.2. The zero-order valence-corrected chi connectivity index (χ0v) is 14.2. The molecule has 4 rings (SSSR count). The number of fused-ring (bicyclic) bond motifs is 2. The van der Waals surface area contributed by atoms with E-state index >= 15 is 0 Å². The van der Waals surface area contributed by atoms with E-state index < -0.39 is 0 Å². The molecule has 1 aliphatic heterocycles. The summed E-state index contributed by atoms with van der Waals surface area (Å²) in [5.74, 6) is 2.51. The molecule has 1 saturated heterocycles. The molecular formula is C19H29NO3. The maximum Gasteiger partial charge on any atom is 0.309 e. The predicted molar refractivity (Wildman–Crippen MR) is 86.5 cm³/mol. The normalized spacial score (nSPS) is 41.9. The third kappa shape index (κ3) is 2.68. The fraction of sp³-hybridized carbons (Fsp3) is 0.895. The molecule has 128 valence electrons. The number of nitrogens with zero attached hydrogens (tertiary/aromatic N) is 1. The van der Waals surface area contributed by atoms with Crippen LogP contribution in [0, 0.1) is 29.6 Å². The Morgan fingerprint density at radius 2 is 1.87 bits per heavy atom. The Kier molecular flexibility index (Phi) is 4.10. The molecule has 0 N–H and O–H groups in total. The van der Waals surface area contributed by atoms with E-state index in [9.17, 15) is 9.59 Å². The molecule has 0 radical (unpaired) electrons. The molecule has 4 aliphatic rings. The van der Waals surface area contributed by atoms with Crippen LogP contribution in [0.15, 0.2) is 0 Å². The number of rotatable bonds is 4. The summed E-state index contributed by atoms with van der Waals surface area (Å²) in [6, 6.07) is 0.436. The van der Waals surface area contributed by atoms with Crippen LogP contribution in [0.25, 0.3) is 0 Å². The first-order valence-corrected chi connectivity index (χ1v) is 9.55. The Morgan fingerprint density at radius 3 is 2.48 bits per heavy atom. The van der Waals surface area contributed by atoms with Crippen molar-refractivity contribution in [2.24, 2.45) is 29.6 Å². The van der Waals surface area contributed by atoms with Crippen LogP contribution in [0.2, 0.25) is 0 Å². The van der Waals surface area contributed by atoms with Crippen molar-refractivity contribution in [3.8, 4) is 0 Å². The monoisotopic (exact) mass is 319 g/mol. The van der Waals surface area contributed by atoms with E-state index in [1.165, 1.54) is 39.2 Å². The number of carbonyl (C=O) groups is 2. The summed E-state index contributed by atoms with van der Waals surface area (Å²) in [7, 11) is 1.43. The molecule has 23 heavy (non-hydrogen) atoms. The number of ether oxygens (including phenoxy) is 1. The average Bonchev–Trinajstić information content (AvgIpc) is 3.22. The lowest BCUT2D eigenvalue weighted by molar-refractivity contribution is -0.159. The largest absolute Gasteiger partial charge is 0.469 e. The Labute approximate surface area is 138 Å². The smallest absolute Gasteiger partial charge is 0.309 e. The van der Waals surface area contributed by atoms with Gasteiger partial charge in [-0.3, -0.25) is 9.59 Å². The fourth-order valence-corrected chi connectivity index (χ4v) is 5.83. The minimum Gasteiger partial charge on any atom is -0.469 e. The SMILES string of the molecule is COC(=O)C1CCC1C(=O)N1CCCC1CC1CC2CCC1C2. The second kappa shape index (κ2) is 6.10. The first-order valence-electron chi connectivity index (χ1n) is 9.55. The molecule has 6 unspecified atom stereocenters. The van der Waals surface area contributed by atoms with Gasteiger partial charge < -0.3 is 9.64 Å². The minimum atomic E-state index is -0.196. The van der Waals surface area contributed by atoms with E-state index in [-0.39, 0.29) is 23.7 Å². The van der Waals surface area contributed by atoms with Gasteiger partial charge in [0, 0.05) is 12.6 Å². The highest BCUT2D eigenvalue weighted by atomic mass is 16.5. The maximum atomic E-state index is 12.9. The number of hydrogen-bond donors (Lipinski definition) is 0. The Morgan fingerprint density at radius 1 is 1.04 bits per heavy atom. The first kappa shape index (κ1) is 15.5. The van der Waals surface area contributed by atoms with Gasteiger partial charge in [0.05, 0.1) is 18.9 Å². The van der Waals surface area contributed by atoms with E-state index in [2.05, 4.69) is 4.90 Å². The fourth-order valence-electron chi connectivity index (χ4n) is 5.83. The molecule has 4 fully saturated rings. The van der Waals surface area contributed by atoms with Crippen LogP contribution in [0.4, 0.5) is 0 Å². The van der Waals surface area contributed by atoms with Crippen LogP contribution in [0.1, 0.15) is 57.8 Å². The average molecular weight is 319 g/mol. The van der Waals surface area contributed by atoms with Gasteiger partial charge in [0.2, 0.25) is 5.91 Å². The van der Waals surface area contributed by atoms with Crippen molar-refractivity contribution in [2.75, 3.05) is 13.7 Å². The maximum absolute atomic E-state index is 12.9. The van der Waals surface area contributed by atoms with Gasteiger partial charge in [0.15, 0.2) is 0 Å². The van der Waals surface area contributed by atoms with Crippen molar-refractivity contribution in [2.45, 2.75) is 63.8 Å². The zero-order valence-electron chi connectivity index (χ0n) is 14.2.